The van der Waals surface area contributed by atoms with Crippen LogP contribution in [0.15, 0.2) is 0 Å². The predicted octanol–water partition coefficient (Wildman–Crippen LogP) is -3.13. The average Bonchev–Trinajstić information content (AvgIpc) is 2.07. The highest BCUT2D eigenvalue weighted by Crippen LogP contribution is 2.19. The summed E-state index contributed by atoms with van der Waals surface area (Å²) in [5, 5.41) is 44.4. The van der Waals surface area contributed by atoms with Gasteiger partial charge < -0.3 is 30.3 Å². The standard InChI is InChI=1S/C6H10O7/c7-1-2(8)4(5(10)11)13-6(12)3(1)9/h1-4,6-9,12H,(H,10,11)/t1-,2-,3?,4?,6?/m1/s1. The molecule has 0 saturated carbocycles. The number of ether oxygens (including phenoxy) is 1. The van der Waals surface area contributed by atoms with Crippen molar-refractivity contribution in [3.05, 3.63) is 0 Å². The van der Waals surface area contributed by atoms with Crippen LogP contribution in [0.2, 0.25) is 0 Å². The summed E-state index contributed by atoms with van der Waals surface area (Å²) in [5.41, 5.74) is 0. The molecule has 1 heterocycles. The smallest absolute Gasteiger partial charge is 0.335 e. The Morgan fingerprint density at radius 3 is 2.00 bits per heavy atom. The van der Waals surface area contributed by atoms with Crippen LogP contribution in [0.5, 0.6) is 0 Å². The first kappa shape index (κ1) is 10.4. The largest absolute Gasteiger partial charge is 0.479 e. The number of aliphatic hydroxyl groups excluding tert-OH is 4. The molecule has 5 N–H and O–H groups in total. The van der Waals surface area contributed by atoms with Crippen molar-refractivity contribution in [1.82, 2.24) is 0 Å². The number of hydrogen-bond donors (Lipinski definition) is 5. The number of carbonyl (C=O) groups is 1. The van der Waals surface area contributed by atoms with Crippen molar-refractivity contribution in [1.29, 1.82) is 0 Å². The first-order valence-electron chi connectivity index (χ1n) is 3.55. The highest BCUT2D eigenvalue weighted by Gasteiger charge is 2.46. The Bertz CT molecular complexity index is 205. The van der Waals surface area contributed by atoms with Crippen molar-refractivity contribution >= 4 is 5.97 Å². The van der Waals surface area contributed by atoms with Gasteiger partial charge in [-0.2, -0.15) is 0 Å². The molecule has 0 amide bonds. The van der Waals surface area contributed by atoms with Gasteiger partial charge in [0.25, 0.3) is 0 Å². The molecule has 7 nitrogen and oxygen atoms in total. The van der Waals surface area contributed by atoms with Crippen molar-refractivity contribution in [3.63, 3.8) is 0 Å². The number of rotatable bonds is 1. The van der Waals surface area contributed by atoms with E-state index in [9.17, 15) is 4.79 Å². The van der Waals surface area contributed by atoms with Crippen molar-refractivity contribution in [3.8, 4) is 0 Å². The lowest BCUT2D eigenvalue weighted by Crippen LogP contribution is -2.59. The molecule has 1 aliphatic rings. The number of carboxylic acids is 1. The molecule has 1 aliphatic heterocycles. The zero-order valence-corrected chi connectivity index (χ0v) is 6.44. The van der Waals surface area contributed by atoms with Gasteiger partial charge in [0.05, 0.1) is 0 Å². The summed E-state index contributed by atoms with van der Waals surface area (Å²) in [6.07, 6.45) is -8.72. The normalized spacial score (nSPS) is 46.0. The fraction of sp³-hybridized carbons (Fsp3) is 0.833. The highest BCUT2D eigenvalue weighted by molar-refractivity contribution is 5.73. The summed E-state index contributed by atoms with van der Waals surface area (Å²) in [5.74, 6) is -1.52. The Morgan fingerprint density at radius 1 is 1.00 bits per heavy atom. The van der Waals surface area contributed by atoms with Gasteiger partial charge in [0, 0.05) is 0 Å². The first-order chi connectivity index (χ1) is 5.95. The molecule has 1 saturated heterocycles. The molecule has 0 aromatic rings. The molecule has 0 aromatic heterocycles. The van der Waals surface area contributed by atoms with Crippen molar-refractivity contribution in [2.75, 3.05) is 0 Å². The monoisotopic (exact) mass is 194 g/mol. The van der Waals surface area contributed by atoms with Gasteiger partial charge in [-0.3, -0.25) is 0 Å². The van der Waals surface area contributed by atoms with Crippen LogP contribution in [0.25, 0.3) is 0 Å². The Balaban J connectivity index is 2.76. The highest BCUT2D eigenvalue weighted by atomic mass is 16.6. The maximum atomic E-state index is 10.4. The lowest BCUT2D eigenvalue weighted by molar-refractivity contribution is -0.279. The van der Waals surface area contributed by atoms with Gasteiger partial charge in [0.2, 0.25) is 0 Å². The van der Waals surface area contributed by atoms with Gasteiger partial charge >= 0.3 is 5.97 Å². The van der Waals surface area contributed by atoms with Crippen LogP contribution in [0.1, 0.15) is 0 Å². The molecular formula is C6H10O7. The fourth-order valence-electron chi connectivity index (χ4n) is 1.07. The molecule has 76 valence electrons. The zero-order chi connectivity index (χ0) is 10.2. The predicted molar refractivity (Wildman–Crippen MR) is 36.5 cm³/mol. The summed E-state index contributed by atoms with van der Waals surface area (Å²) < 4.78 is 4.34. The fourth-order valence-corrected chi connectivity index (χ4v) is 1.07. The van der Waals surface area contributed by atoms with E-state index >= 15 is 0 Å². The van der Waals surface area contributed by atoms with E-state index in [-0.39, 0.29) is 0 Å². The lowest BCUT2D eigenvalue weighted by Gasteiger charge is -2.36. The number of aliphatic hydroxyl groups is 4. The van der Waals surface area contributed by atoms with E-state index in [2.05, 4.69) is 4.74 Å². The Labute approximate surface area is 72.8 Å². The van der Waals surface area contributed by atoms with Crippen molar-refractivity contribution in [2.45, 2.75) is 30.7 Å². The van der Waals surface area contributed by atoms with Crippen molar-refractivity contribution < 1.29 is 35.1 Å². The van der Waals surface area contributed by atoms with E-state index in [0.717, 1.165) is 0 Å². The van der Waals surface area contributed by atoms with Gasteiger partial charge in [-0.25, -0.2) is 4.79 Å². The first-order valence-corrected chi connectivity index (χ1v) is 3.55. The van der Waals surface area contributed by atoms with Crippen LogP contribution < -0.4 is 0 Å². The average molecular weight is 194 g/mol. The van der Waals surface area contributed by atoms with Crippen LogP contribution >= 0.6 is 0 Å². The Kier molecular flexibility index (Phi) is 2.84. The molecule has 1 fully saturated rings. The minimum atomic E-state index is -1.81. The molecule has 0 aromatic carbocycles. The van der Waals surface area contributed by atoms with E-state index in [1.54, 1.807) is 0 Å². The van der Waals surface area contributed by atoms with E-state index < -0.39 is 36.7 Å². The summed E-state index contributed by atoms with van der Waals surface area (Å²) in [7, 11) is 0. The molecule has 1 rings (SSSR count). The molecule has 13 heavy (non-hydrogen) atoms. The zero-order valence-electron chi connectivity index (χ0n) is 6.44. The van der Waals surface area contributed by atoms with Crippen LogP contribution in [0, 0.1) is 0 Å². The Hall–Kier alpha value is -0.730. The quantitative estimate of drug-likeness (QED) is 0.298. The Morgan fingerprint density at radius 2 is 1.54 bits per heavy atom. The topological polar surface area (TPSA) is 127 Å². The second kappa shape index (κ2) is 3.56. The van der Waals surface area contributed by atoms with Gasteiger partial charge in [0.15, 0.2) is 12.4 Å². The molecule has 5 atom stereocenters. The molecular weight excluding hydrogens is 184 g/mol. The van der Waals surface area contributed by atoms with Crippen LogP contribution in [-0.2, 0) is 9.53 Å². The molecule has 7 heteroatoms. The SMILES string of the molecule is O=C(O)C1OC(O)C(O)[C@H](O)[C@H]1O. The van der Waals surface area contributed by atoms with Crippen molar-refractivity contribution in [2.24, 2.45) is 0 Å². The van der Waals surface area contributed by atoms with E-state index in [1.165, 1.54) is 0 Å². The molecule has 0 bridgehead atoms. The molecule has 0 spiro atoms. The number of carboxylic acid groups (broad SMARTS) is 1. The maximum absolute atomic E-state index is 10.4. The molecule has 0 aliphatic carbocycles. The minimum Gasteiger partial charge on any atom is -0.479 e. The second-order valence-electron chi connectivity index (χ2n) is 2.76. The van der Waals surface area contributed by atoms with Gasteiger partial charge in [-0.05, 0) is 0 Å². The van der Waals surface area contributed by atoms with Crippen LogP contribution in [0.3, 0.4) is 0 Å². The summed E-state index contributed by atoms with van der Waals surface area (Å²) in [4.78, 5) is 10.4. The third-order valence-electron chi connectivity index (χ3n) is 1.83. The van der Waals surface area contributed by atoms with E-state index in [0.29, 0.717) is 0 Å². The summed E-state index contributed by atoms with van der Waals surface area (Å²) in [6.45, 7) is 0. The van der Waals surface area contributed by atoms with Gasteiger partial charge in [-0.15, -0.1) is 0 Å². The minimum absolute atomic E-state index is 1.52. The van der Waals surface area contributed by atoms with Gasteiger partial charge in [-0.1, -0.05) is 0 Å². The maximum Gasteiger partial charge on any atom is 0.335 e. The summed E-state index contributed by atoms with van der Waals surface area (Å²) >= 11 is 0. The van der Waals surface area contributed by atoms with Crippen LogP contribution in [0.4, 0.5) is 0 Å². The summed E-state index contributed by atoms with van der Waals surface area (Å²) in [6, 6.07) is 0. The third-order valence-corrected chi connectivity index (χ3v) is 1.83. The van der Waals surface area contributed by atoms with E-state index in [1.807, 2.05) is 0 Å². The third kappa shape index (κ3) is 1.79. The molecule has 0 radical (unpaired) electrons. The number of hydrogen-bond acceptors (Lipinski definition) is 6. The second-order valence-corrected chi connectivity index (χ2v) is 2.76. The number of aliphatic carboxylic acids is 1. The van der Waals surface area contributed by atoms with Gasteiger partial charge in [0.1, 0.15) is 18.3 Å². The van der Waals surface area contributed by atoms with Crippen LogP contribution in [-0.4, -0.2) is 62.2 Å². The molecule has 3 unspecified atom stereocenters. The van der Waals surface area contributed by atoms with E-state index in [4.69, 9.17) is 25.5 Å². The lowest BCUT2D eigenvalue weighted by atomic mass is 9.99.